The first-order chi connectivity index (χ1) is 8.98. The van der Waals surface area contributed by atoms with Crippen LogP contribution in [0.15, 0.2) is 30.3 Å². The Morgan fingerprint density at radius 2 is 2.00 bits per heavy atom. The van der Waals surface area contributed by atoms with Crippen molar-refractivity contribution in [1.29, 1.82) is 0 Å². The van der Waals surface area contributed by atoms with E-state index in [1.54, 1.807) is 12.1 Å². The van der Waals surface area contributed by atoms with Crippen molar-refractivity contribution in [3.8, 4) is 0 Å². The van der Waals surface area contributed by atoms with Gasteiger partial charge < -0.3 is 11.1 Å². The van der Waals surface area contributed by atoms with Gasteiger partial charge in [-0.2, -0.15) is 0 Å². The zero-order valence-corrected chi connectivity index (χ0v) is 11.4. The molecule has 1 aliphatic heterocycles. The maximum Gasteiger partial charge on any atom is 0.241 e. The number of hydrogen-bond donors (Lipinski definition) is 2. The second-order valence-electron chi connectivity index (χ2n) is 4.85. The molecule has 0 aliphatic carbocycles. The van der Waals surface area contributed by atoms with E-state index in [0.29, 0.717) is 12.8 Å². The Hall–Kier alpha value is -1.40. The first-order valence-corrected chi connectivity index (χ1v) is 8.11. The van der Waals surface area contributed by atoms with E-state index in [1.807, 2.05) is 18.2 Å². The summed E-state index contributed by atoms with van der Waals surface area (Å²) in [4.78, 5) is 12.0. The van der Waals surface area contributed by atoms with Gasteiger partial charge in [-0.3, -0.25) is 4.79 Å². The lowest BCUT2D eigenvalue weighted by Crippen LogP contribution is -2.46. The molecule has 0 saturated carbocycles. The molecule has 1 aromatic rings. The number of amides is 1. The van der Waals surface area contributed by atoms with E-state index in [-0.39, 0.29) is 23.5 Å². The summed E-state index contributed by atoms with van der Waals surface area (Å²) >= 11 is 0. The molecule has 104 valence electrons. The van der Waals surface area contributed by atoms with Crippen molar-refractivity contribution in [2.75, 3.05) is 11.5 Å². The third-order valence-corrected chi connectivity index (χ3v) is 5.07. The lowest BCUT2D eigenvalue weighted by Gasteiger charge is -2.24. The van der Waals surface area contributed by atoms with E-state index in [2.05, 4.69) is 5.32 Å². The minimum atomic E-state index is -3.02. The van der Waals surface area contributed by atoms with Gasteiger partial charge in [0.15, 0.2) is 9.84 Å². The highest BCUT2D eigenvalue weighted by molar-refractivity contribution is 7.91. The maximum atomic E-state index is 12.0. The molecule has 5 nitrogen and oxygen atoms in total. The fourth-order valence-electron chi connectivity index (χ4n) is 2.24. The van der Waals surface area contributed by atoms with Crippen molar-refractivity contribution < 1.29 is 13.2 Å². The molecule has 6 heteroatoms. The third kappa shape index (κ3) is 3.78. The molecule has 0 aromatic heterocycles. The Bertz CT molecular complexity index is 542. The SMILES string of the molecule is NC(C(=O)NC1CCCS(=O)(=O)C1)c1ccccc1. The lowest BCUT2D eigenvalue weighted by atomic mass is 10.1. The number of hydrogen-bond acceptors (Lipinski definition) is 4. The molecular weight excluding hydrogens is 264 g/mol. The van der Waals surface area contributed by atoms with Gasteiger partial charge in [-0.25, -0.2) is 8.42 Å². The van der Waals surface area contributed by atoms with Crippen LogP contribution in [0.3, 0.4) is 0 Å². The van der Waals surface area contributed by atoms with Gasteiger partial charge in [-0.15, -0.1) is 0 Å². The average molecular weight is 282 g/mol. The van der Waals surface area contributed by atoms with Gasteiger partial charge in [0.25, 0.3) is 0 Å². The van der Waals surface area contributed by atoms with E-state index >= 15 is 0 Å². The standard InChI is InChI=1S/C13H18N2O3S/c14-12(10-5-2-1-3-6-10)13(16)15-11-7-4-8-19(17,18)9-11/h1-3,5-6,11-12H,4,7-9,14H2,(H,15,16). The number of nitrogens with two attached hydrogens (primary N) is 1. The first kappa shape index (κ1) is 14.0. The van der Waals surface area contributed by atoms with Crippen LogP contribution in [0.5, 0.6) is 0 Å². The molecule has 1 aromatic carbocycles. The van der Waals surface area contributed by atoms with Crippen LogP contribution < -0.4 is 11.1 Å². The summed E-state index contributed by atoms with van der Waals surface area (Å²) in [5, 5.41) is 2.73. The minimum absolute atomic E-state index is 0.0141. The predicted molar refractivity (Wildman–Crippen MR) is 73.2 cm³/mol. The van der Waals surface area contributed by atoms with Crippen LogP contribution in [0, 0.1) is 0 Å². The van der Waals surface area contributed by atoms with Crippen LogP contribution in [0.25, 0.3) is 0 Å². The van der Waals surface area contributed by atoms with Crippen LogP contribution >= 0.6 is 0 Å². The molecule has 3 N–H and O–H groups in total. The first-order valence-electron chi connectivity index (χ1n) is 6.29. The number of rotatable bonds is 3. The van der Waals surface area contributed by atoms with Gasteiger partial charge in [-0.05, 0) is 18.4 Å². The molecule has 0 spiro atoms. The monoisotopic (exact) mass is 282 g/mol. The van der Waals surface area contributed by atoms with Crippen LogP contribution in [-0.4, -0.2) is 31.9 Å². The Balaban J connectivity index is 1.98. The zero-order chi connectivity index (χ0) is 13.9. The van der Waals surface area contributed by atoms with Gasteiger partial charge in [0.2, 0.25) is 5.91 Å². The smallest absolute Gasteiger partial charge is 0.241 e. The van der Waals surface area contributed by atoms with Crippen molar-refractivity contribution in [1.82, 2.24) is 5.32 Å². The Labute approximate surface area is 113 Å². The molecule has 2 atom stereocenters. The van der Waals surface area contributed by atoms with Gasteiger partial charge >= 0.3 is 0 Å². The second kappa shape index (κ2) is 5.71. The molecule has 1 aliphatic rings. The van der Waals surface area contributed by atoms with Crippen molar-refractivity contribution in [3.63, 3.8) is 0 Å². The third-order valence-electron chi connectivity index (χ3n) is 3.25. The Kier molecular flexibility index (Phi) is 4.21. The molecule has 2 unspecified atom stereocenters. The largest absolute Gasteiger partial charge is 0.351 e. The summed E-state index contributed by atoms with van der Waals surface area (Å²) < 4.78 is 23.0. The van der Waals surface area contributed by atoms with Crippen LogP contribution in [0.2, 0.25) is 0 Å². The normalized spacial score (nSPS) is 23.5. The predicted octanol–water partition coefficient (Wildman–Crippen LogP) is 0.380. The molecular formula is C13H18N2O3S. The second-order valence-corrected chi connectivity index (χ2v) is 7.08. The topological polar surface area (TPSA) is 89.3 Å². The van der Waals surface area contributed by atoms with Crippen LogP contribution in [0.4, 0.5) is 0 Å². The quantitative estimate of drug-likeness (QED) is 0.838. The summed E-state index contributed by atoms with van der Waals surface area (Å²) in [5.74, 6) is -0.0991. The molecule has 1 amide bonds. The van der Waals surface area contributed by atoms with Crippen molar-refractivity contribution in [3.05, 3.63) is 35.9 Å². The van der Waals surface area contributed by atoms with E-state index in [9.17, 15) is 13.2 Å². The fourth-order valence-corrected chi connectivity index (χ4v) is 3.88. The average Bonchev–Trinajstić information content (AvgIpc) is 2.37. The van der Waals surface area contributed by atoms with E-state index in [0.717, 1.165) is 5.56 Å². The molecule has 1 fully saturated rings. The fraction of sp³-hybridized carbons (Fsp3) is 0.462. The number of carbonyl (C=O) groups excluding carboxylic acids is 1. The van der Waals surface area contributed by atoms with E-state index in [4.69, 9.17) is 5.73 Å². The molecule has 2 rings (SSSR count). The summed E-state index contributed by atoms with van der Waals surface area (Å²) in [7, 11) is -3.02. The minimum Gasteiger partial charge on any atom is -0.351 e. The Morgan fingerprint density at radius 1 is 1.32 bits per heavy atom. The van der Waals surface area contributed by atoms with Crippen LogP contribution in [-0.2, 0) is 14.6 Å². The summed E-state index contributed by atoms with van der Waals surface area (Å²) in [6, 6.07) is 7.96. The van der Waals surface area contributed by atoms with Crippen molar-refractivity contribution in [2.24, 2.45) is 5.73 Å². The molecule has 0 radical (unpaired) electrons. The van der Waals surface area contributed by atoms with E-state index in [1.165, 1.54) is 0 Å². The molecule has 1 heterocycles. The van der Waals surface area contributed by atoms with Crippen molar-refractivity contribution in [2.45, 2.75) is 24.9 Å². The number of benzene rings is 1. The lowest BCUT2D eigenvalue weighted by molar-refractivity contribution is -0.123. The highest BCUT2D eigenvalue weighted by Crippen LogP contribution is 2.14. The van der Waals surface area contributed by atoms with Gasteiger partial charge in [0.05, 0.1) is 11.5 Å². The van der Waals surface area contributed by atoms with Crippen LogP contribution in [0.1, 0.15) is 24.4 Å². The molecule has 19 heavy (non-hydrogen) atoms. The molecule has 0 bridgehead atoms. The number of carbonyl (C=O) groups is 1. The zero-order valence-electron chi connectivity index (χ0n) is 10.6. The highest BCUT2D eigenvalue weighted by atomic mass is 32.2. The Morgan fingerprint density at radius 3 is 2.63 bits per heavy atom. The van der Waals surface area contributed by atoms with Gasteiger partial charge in [0, 0.05) is 6.04 Å². The van der Waals surface area contributed by atoms with Gasteiger partial charge in [0.1, 0.15) is 6.04 Å². The maximum absolute atomic E-state index is 12.0. The number of nitrogens with one attached hydrogen (secondary N) is 1. The summed E-state index contributed by atoms with van der Waals surface area (Å²) in [6.45, 7) is 0. The number of sulfone groups is 1. The molecule has 1 saturated heterocycles. The summed E-state index contributed by atoms with van der Waals surface area (Å²) in [5.41, 5.74) is 6.58. The van der Waals surface area contributed by atoms with Gasteiger partial charge in [-0.1, -0.05) is 30.3 Å². The van der Waals surface area contributed by atoms with Crippen molar-refractivity contribution >= 4 is 15.7 Å². The summed E-state index contributed by atoms with van der Waals surface area (Å²) in [6.07, 6.45) is 1.28. The van der Waals surface area contributed by atoms with E-state index < -0.39 is 15.9 Å². The highest BCUT2D eigenvalue weighted by Gasteiger charge is 2.27.